The zero-order valence-electron chi connectivity index (χ0n) is 13.3. The summed E-state index contributed by atoms with van der Waals surface area (Å²) in [6.45, 7) is 6.24. The van der Waals surface area contributed by atoms with Crippen molar-refractivity contribution in [3.8, 4) is 5.75 Å². The summed E-state index contributed by atoms with van der Waals surface area (Å²) in [5, 5.41) is 6.67. The number of carbonyl (C=O) groups excluding carboxylic acids is 1. The molecule has 0 saturated carbocycles. The fourth-order valence-electron chi connectivity index (χ4n) is 2.54. The molecule has 1 N–H and O–H groups in total. The van der Waals surface area contributed by atoms with E-state index in [2.05, 4.69) is 15.5 Å². The smallest absolute Gasteiger partial charge is 0.238 e. The molecular weight excluding hydrogens is 296 g/mol. The van der Waals surface area contributed by atoms with Gasteiger partial charge < -0.3 is 14.6 Å². The topological polar surface area (TPSA) is 80.5 Å². The third-order valence-corrected chi connectivity index (χ3v) is 3.67. The van der Waals surface area contributed by atoms with Gasteiger partial charge in [-0.05, 0) is 38.1 Å². The maximum atomic E-state index is 12.0. The largest absolute Gasteiger partial charge is 0.494 e. The van der Waals surface area contributed by atoms with Crippen molar-refractivity contribution in [3.05, 3.63) is 36.0 Å². The monoisotopic (exact) mass is 316 g/mol. The van der Waals surface area contributed by atoms with Gasteiger partial charge in [0, 0.05) is 18.8 Å². The number of hydrogen-bond donors (Lipinski definition) is 1. The van der Waals surface area contributed by atoms with Crippen LogP contribution in [0, 0.1) is 6.92 Å². The van der Waals surface area contributed by atoms with E-state index in [0.29, 0.717) is 24.9 Å². The highest BCUT2D eigenvalue weighted by atomic mass is 16.5. The van der Waals surface area contributed by atoms with Gasteiger partial charge >= 0.3 is 0 Å². The quantitative estimate of drug-likeness (QED) is 0.875. The Morgan fingerprint density at radius 3 is 2.74 bits per heavy atom. The summed E-state index contributed by atoms with van der Waals surface area (Å²) in [7, 11) is 0. The van der Waals surface area contributed by atoms with Gasteiger partial charge in [0.25, 0.3) is 0 Å². The molecule has 0 bridgehead atoms. The average molecular weight is 316 g/mol. The predicted octanol–water partition coefficient (Wildman–Crippen LogP) is 1.81. The molecule has 0 atom stereocenters. The van der Waals surface area contributed by atoms with E-state index in [9.17, 15) is 4.79 Å². The molecule has 1 fully saturated rings. The van der Waals surface area contributed by atoms with Crippen LogP contribution in [0.2, 0.25) is 0 Å². The Balaban J connectivity index is 1.43. The Morgan fingerprint density at radius 2 is 2.13 bits per heavy atom. The van der Waals surface area contributed by atoms with E-state index in [-0.39, 0.29) is 11.8 Å². The van der Waals surface area contributed by atoms with Gasteiger partial charge in [0.1, 0.15) is 5.75 Å². The first-order valence-electron chi connectivity index (χ1n) is 7.69. The number of aryl methyl sites for hydroxylation is 1. The van der Waals surface area contributed by atoms with Crippen molar-refractivity contribution in [3.63, 3.8) is 0 Å². The van der Waals surface area contributed by atoms with Crippen molar-refractivity contribution in [1.82, 2.24) is 15.0 Å². The Morgan fingerprint density at radius 1 is 1.39 bits per heavy atom. The van der Waals surface area contributed by atoms with Crippen LogP contribution in [0.25, 0.3) is 0 Å². The summed E-state index contributed by atoms with van der Waals surface area (Å²) in [6, 6.07) is 7.36. The lowest BCUT2D eigenvalue weighted by Gasteiger charge is -2.36. The van der Waals surface area contributed by atoms with E-state index < -0.39 is 0 Å². The second-order valence-corrected chi connectivity index (χ2v) is 5.58. The molecule has 1 aliphatic heterocycles. The van der Waals surface area contributed by atoms with Crippen LogP contribution in [0.1, 0.15) is 24.6 Å². The molecule has 7 heteroatoms. The highest BCUT2D eigenvalue weighted by Gasteiger charge is 2.33. The number of nitrogens with one attached hydrogen (secondary N) is 1. The highest BCUT2D eigenvalue weighted by Crippen LogP contribution is 2.25. The molecule has 2 heterocycles. The molecule has 0 unspecified atom stereocenters. The van der Waals surface area contributed by atoms with Crippen LogP contribution < -0.4 is 10.1 Å². The van der Waals surface area contributed by atoms with Crippen LogP contribution in [0.4, 0.5) is 5.69 Å². The van der Waals surface area contributed by atoms with Crippen molar-refractivity contribution in [2.24, 2.45) is 0 Å². The molecule has 2 aromatic rings. The average Bonchev–Trinajstić information content (AvgIpc) is 2.91. The van der Waals surface area contributed by atoms with Crippen molar-refractivity contribution in [2.45, 2.75) is 19.8 Å². The second kappa shape index (κ2) is 6.78. The van der Waals surface area contributed by atoms with Crippen LogP contribution in [-0.4, -0.2) is 47.2 Å². The van der Waals surface area contributed by atoms with Gasteiger partial charge in [0.05, 0.1) is 19.1 Å². The fraction of sp³-hybridized carbons (Fsp3) is 0.438. The van der Waals surface area contributed by atoms with Gasteiger partial charge in [-0.15, -0.1) is 0 Å². The van der Waals surface area contributed by atoms with E-state index >= 15 is 0 Å². The van der Waals surface area contributed by atoms with Crippen LogP contribution in [0.5, 0.6) is 5.75 Å². The molecular formula is C16H20N4O3. The standard InChI is InChI=1S/C16H20N4O3/c1-3-22-14-6-4-13(5-7-14)18-15(21)10-20-8-12(9-20)16-17-11(2)19-23-16/h4-7,12H,3,8-10H2,1-2H3,(H,18,21). The molecule has 1 aliphatic rings. The number of likely N-dealkylation sites (tertiary alicyclic amines) is 1. The third kappa shape index (κ3) is 3.87. The van der Waals surface area contributed by atoms with E-state index in [0.717, 1.165) is 24.5 Å². The van der Waals surface area contributed by atoms with E-state index in [4.69, 9.17) is 9.26 Å². The maximum Gasteiger partial charge on any atom is 0.238 e. The minimum Gasteiger partial charge on any atom is -0.494 e. The molecule has 23 heavy (non-hydrogen) atoms. The number of carbonyl (C=O) groups is 1. The van der Waals surface area contributed by atoms with Crippen molar-refractivity contribution < 1.29 is 14.1 Å². The maximum absolute atomic E-state index is 12.0. The molecule has 1 aromatic carbocycles. The SMILES string of the molecule is CCOc1ccc(NC(=O)CN2CC(c3nc(C)no3)C2)cc1. The minimum atomic E-state index is -0.0330. The highest BCUT2D eigenvalue weighted by molar-refractivity contribution is 5.92. The number of nitrogens with zero attached hydrogens (tertiary/aromatic N) is 3. The van der Waals surface area contributed by atoms with Crippen molar-refractivity contribution in [2.75, 3.05) is 31.6 Å². The Bertz CT molecular complexity index is 662. The zero-order valence-corrected chi connectivity index (χ0v) is 13.3. The zero-order chi connectivity index (χ0) is 16.2. The van der Waals surface area contributed by atoms with Crippen molar-refractivity contribution in [1.29, 1.82) is 0 Å². The number of hydrogen-bond acceptors (Lipinski definition) is 6. The summed E-state index contributed by atoms with van der Waals surface area (Å²) < 4.78 is 10.5. The first-order valence-corrected chi connectivity index (χ1v) is 7.69. The second-order valence-electron chi connectivity index (χ2n) is 5.58. The van der Waals surface area contributed by atoms with Gasteiger partial charge in [-0.25, -0.2) is 0 Å². The van der Waals surface area contributed by atoms with Gasteiger partial charge in [0.2, 0.25) is 11.8 Å². The molecule has 7 nitrogen and oxygen atoms in total. The van der Waals surface area contributed by atoms with Crippen LogP contribution >= 0.6 is 0 Å². The molecule has 1 aromatic heterocycles. The Labute approximate surface area is 134 Å². The molecule has 1 saturated heterocycles. The molecule has 0 spiro atoms. The number of benzene rings is 1. The van der Waals surface area contributed by atoms with Crippen LogP contribution in [-0.2, 0) is 4.79 Å². The molecule has 3 rings (SSSR count). The van der Waals surface area contributed by atoms with E-state index in [1.165, 1.54) is 0 Å². The first kappa shape index (κ1) is 15.5. The Hall–Kier alpha value is -2.41. The molecule has 122 valence electrons. The van der Waals surface area contributed by atoms with E-state index in [1.54, 1.807) is 6.92 Å². The number of anilines is 1. The lowest BCUT2D eigenvalue weighted by atomic mass is 10.0. The van der Waals surface area contributed by atoms with E-state index in [1.807, 2.05) is 36.1 Å². The summed E-state index contributed by atoms with van der Waals surface area (Å²) >= 11 is 0. The number of ether oxygens (including phenoxy) is 1. The number of aromatic nitrogens is 2. The summed E-state index contributed by atoms with van der Waals surface area (Å²) in [5.41, 5.74) is 0.767. The minimum absolute atomic E-state index is 0.0330. The first-order chi connectivity index (χ1) is 11.1. The summed E-state index contributed by atoms with van der Waals surface area (Å²) in [6.07, 6.45) is 0. The lowest BCUT2D eigenvalue weighted by Crippen LogP contribution is -2.48. The van der Waals surface area contributed by atoms with Gasteiger partial charge in [-0.1, -0.05) is 5.16 Å². The van der Waals surface area contributed by atoms with Gasteiger partial charge in [-0.2, -0.15) is 4.98 Å². The van der Waals surface area contributed by atoms with Crippen LogP contribution in [0.15, 0.2) is 28.8 Å². The number of amides is 1. The number of rotatable bonds is 6. The predicted molar refractivity (Wildman–Crippen MR) is 84.5 cm³/mol. The molecule has 0 aliphatic carbocycles. The summed E-state index contributed by atoms with van der Waals surface area (Å²) in [4.78, 5) is 18.3. The lowest BCUT2D eigenvalue weighted by molar-refractivity contribution is -0.118. The molecule has 1 amide bonds. The third-order valence-electron chi connectivity index (χ3n) is 3.67. The van der Waals surface area contributed by atoms with Crippen LogP contribution in [0.3, 0.4) is 0 Å². The van der Waals surface area contributed by atoms with Gasteiger partial charge in [-0.3, -0.25) is 9.69 Å². The Kier molecular flexibility index (Phi) is 4.57. The summed E-state index contributed by atoms with van der Waals surface area (Å²) in [5.74, 6) is 2.30. The van der Waals surface area contributed by atoms with Gasteiger partial charge in [0.15, 0.2) is 5.82 Å². The normalized spacial score (nSPS) is 15.2. The fourth-order valence-corrected chi connectivity index (χ4v) is 2.54. The molecule has 0 radical (unpaired) electrons. The van der Waals surface area contributed by atoms with Crippen molar-refractivity contribution >= 4 is 11.6 Å².